The second-order valence-electron chi connectivity index (χ2n) is 7.68. The van der Waals surface area contributed by atoms with Gasteiger partial charge in [-0.1, -0.05) is 12.1 Å². The van der Waals surface area contributed by atoms with E-state index in [4.69, 9.17) is 14.2 Å². The fourth-order valence-corrected chi connectivity index (χ4v) is 4.15. The van der Waals surface area contributed by atoms with Gasteiger partial charge in [-0.15, -0.1) is 0 Å². The molecule has 1 aromatic carbocycles. The summed E-state index contributed by atoms with van der Waals surface area (Å²) >= 11 is 0. The van der Waals surface area contributed by atoms with Crippen LogP contribution in [0.15, 0.2) is 17.1 Å². The summed E-state index contributed by atoms with van der Waals surface area (Å²) in [4.78, 5) is 4.18. The molecule has 10 heteroatoms. The first kappa shape index (κ1) is 22.8. The standard InChI is InChI=1S/C20H27F3N2O5/c1-9-5-11(6-10(2)17(9)28-4)8-29-19(20(21,22)23)18-16(27)15(26)14-12(30-18)7-13(24-3)25-14/h5-6,12,14-16,18-19,26-27H,7-8H2,1-4H3,(H,24,25)/t12-,14+,15-,16+,18?,19-/m1/s1. The predicted molar refractivity (Wildman–Crippen MR) is 103 cm³/mol. The topological polar surface area (TPSA) is 92.5 Å². The van der Waals surface area contributed by atoms with Crippen LogP contribution in [0.1, 0.15) is 23.1 Å². The average Bonchev–Trinajstić information content (AvgIpc) is 3.08. The number of aliphatic hydroxyl groups is 2. The van der Waals surface area contributed by atoms with Crippen LogP contribution in [0, 0.1) is 13.8 Å². The highest BCUT2D eigenvalue weighted by atomic mass is 19.4. The quantitative estimate of drug-likeness (QED) is 0.655. The molecule has 7 nitrogen and oxygen atoms in total. The summed E-state index contributed by atoms with van der Waals surface area (Å²) < 4.78 is 57.5. The summed E-state index contributed by atoms with van der Waals surface area (Å²) in [5, 5.41) is 23.5. The lowest BCUT2D eigenvalue weighted by Crippen LogP contribution is -2.62. The number of methoxy groups -OCH3 is 1. The Balaban J connectivity index is 1.79. The largest absolute Gasteiger partial charge is 0.496 e. The fraction of sp³-hybridized carbons (Fsp3) is 0.650. The van der Waals surface area contributed by atoms with Crippen molar-refractivity contribution in [2.75, 3.05) is 14.2 Å². The summed E-state index contributed by atoms with van der Waals surface area (Å²) in [6.45, 7) is 3.24. The fourth-order valence-electron chi connectivity index (χ4n) is 4.15. The van der Waals surface area contributed by atoms with Crippen molar-refractivity contribution in [1.29, 1.82) is 0 Å². The number of aryl methyl sites for hydroxylation is 2. The van der Waals surface area contributed by atoms with Gasteiger partial charge in [0.15, 0.2) is 6.10 Å². The number of halogens is 3. The second-order valence-corrected chi connectivity index (χ2v) is 7.68. The first-order valence-corrected chi connectivity index (χ1v) is 9.65. The van der Waals surface area contributed by atoms with E-state index < -0.39 is 42.7 Å². The molecule has 1 unspecified atom stereocenters. The van der Waals surface area contributed by atoms with Gasteiger partial charge in [0.1, 0.15) is 30.1 Å². The minimum absolute atomic E-state index is 0.225. The molecule has 0 aliphatic carbocycles. The van der Waals surface area contributed by atoms with Gasteiger partial charge in [0.05, 0.1) is 25.7 Å². The monoisotopic (exact) mass is 432 g/mol. The molecule has 0 saturated carbocycles. The van der Waals surface area contributed by atoms with Gasteiger partial charge in [0.2, 0.25) is 0 Å². The summed E-state index contributed by atoms with van der Waals surface area (Å²) in [5.74, 6) is 1.17. The van der Waals surface area contributed by atoms with E-state index in [0.29, 0.717) is 17.1 Å². The van der Waals surface area contributed by atoms with Crippen LogP contribution in [0.3, 0.4) is 0 Å². The van der Waals surface area contributed by atoms with E-state index in [9.17, 15) is 23.4 Å². The van der Waals surface area contributed by atoms with E-state index in [1.54, 1.807) is 33.0 Å². The molecule has 6 atom stereocenters. The highest BCUT2D eigenvalue weighted by molar-refractivity contribution is 5.84. The van der Waals surface area contributed by atoms with Crippen LogP contribution < -0.4 is 10.1 Å². The number of nitrogens with zero attached hydrogens (tertiary/aromatic N) is 1. The van der Waals surface area contributed by atoms with Crippen molar-refractivity contribution >= 4 is 5.84 Å². The Morgan fingerprint density at radius 2 is 1.87 bits per heavy atom. The molecule has 2 heterocycles. The van der Waals surface area contributed by atoms with Crippen molar-refractivity contribution in [3.05, 3.63) is 28.8 Å². The van der Waals surface area contributed by atoms with Gasteiger partial charge in [-0.3, -0.25) is 4.99 Å². The first-order chi connectivity index (χ1) is 14.1. The number of fused-ring (bicyclic) bond motifs is 1. The lowest BCUT2D eigenvalue weighted by molar-refractivity contribution is -0.293. The Morgan fingerprint density at radius 3 is 2.40 bits per heavy atom. The lowest BCUT2D eigenvalue weighted by Gasteiger charge is -2.42. The third-order valence-corrected chi connectivity index (χ3v) is 5.51. The van der Waals surface area contributed by atoms with Crippen molar-refractivity contribution in [3.63, 3.8) is 0 Å². The van der Waals surface area contributed by atoms with Crippen molar-refractivity contribution in [2.24, 2.45) is 4.99 Å². The van der Waals surface area contributed by atoms with Crippen LogP contribution in [0.5, 0.6) is 5.75 Å². The van der Waals surface area contributed by atoms with E-state index in [1.807, 2.05) is 0 Å². The third kappa shape index (κ3) is 4.41. The molecule has 2 aliphatic rings. The van der Waals surface area contributed by atoms with Gasteiger partial charge >= 0.3 is 6.18 Å². The molecular formula is C20H27F3N2O5. The zero-order valence-electron chi connectivity index (χ0n) is 17.2. The van der Waals surface area contributed by atoms with Crippen molar-refractivity contribution in [3.8, 4) is 5.75 Å². The molecule has 168 valence electrons. The normalized spacial score (nSPS) is 29.9. The predicted octanol–water partition coefficient (Wildman–Crippen LogP) is 1.64. The Kier molecular flexibility index (Phi) is 6.61. The summed E-state index contributed by atoms with van der Waals surface area (Å²) in [5.41, 5.74) is 2.08. The van der Waals surface area contributed by atoms with Crippen molar-refractivity contribution < 1.29 is 37.6 Å². The minimum atomic E-state index is -4.81. The first-order valence-electron chi connectivity index (χ1n) is 9.65. The summed E-state index contributed by atoms with van der Waals surface area (Å²) in [6, 6.07) is 2.55. The Hall–Kier alpha value is -1.88. The molecule has 0 radical (unpaired) electrons. The molecule has 1 fully saturated rings. The summed E-state index contributed by atoms with van der Waals surface area (Å²) in [6.07, 6.45) is -12.8. The Morgan fingerprint density at radius 1 is 1.23 bits per heavy atom. The smallest absolute Gasteiger partial charge is 0.417 e. The number of amidine groups is 1. The van der Waals surface area contributed by atoms with Gasteiger partial charge < -0.3 is 29.7 Å². The molecule has 0 bridgehead atoms. The Labute approximate surface area is 172 Å². The van der Waals surface area contributed by atoms with E-state index in [-0.39, 0.29) is 13.0 Å². The number of rotatable bonds is 5. The minimum Gasteiger partial charge on any atom is -0.496 e. The zero-order valence-corrected chi connectivity index (χ0v) is 17.2. The lowest BCUT2D eigenvalue weighted by atomic mass is 9.90. The van der Waals surface area contributed by atoms with Gasteiger partial charge in [-0.2, -0.15) is 13.2 Å². The molecular weight excluding hydrogens is 405 g/mol. The van der Waals surface area contributed by atoms with Crippen LogP contribution in [-0.2, 0) is 16.1 Å². The van der Waals surface area contributed by atoms with Crippen molar-refractivity contribution in [1.82, 2.24) is 5.32 Å². The number of ether oxygens (including phenoxy) is 3. The number of hydrogen-bond acceptors (Lipinski definition) is 7. The van der Waals surface area contributed by atoms with Gasteiger partial charge in [-0.05, 0) is 30.5 Å². The molecule has 0 spiro atoms. The van der Waals surface area contributed by atoms with E-state index in [1.165, 1.54) is 7.11 Å². The molecule has 30 heavy (non-hydrogen) atoms. The highest BCUT2D eigenvalue weighted by Crippen LogP contribution is 2.37. The maximum atomic E-state index is 13.8. The van der Waals surface area contributed by atoms with Crippen LogP contribution in [-0.4, -0.2) is 72.9 Å². The van der Waals surface area contributed by atoms with Crippen LogP contribution in [0.4, 0.5) is 13.2 Å². The number of hydrogen-bond donors (Lipinski definition) is 3. The van der Waals surface area contributed by atoms with E-state index in [2.05, 4.69) is 10.3 Å². The molecule has 3 rings (SSSR count). The molecule has 0 aromatic heterocycles. The van der Waals surface area contributed by atoms with Crippen LogP contribution >= 0.6 is 0 Å². The molecule has 1 saturated heterocycles. The van der Waals surface area contributed by atoms with Gasteiger partial charge in [-0.25, -0.2) is 0 Å². The molecule has 2 aliphatic heterocycles. The summed E-state index contributed by atoms with van der Waals surface area (Å²) in [7, 11) is 3.15. The number of nitrogens with one attached hydrogen (secondary N) is 1. The maximum Gasteiger partial charge on any atom is 0.417 e. The van der Waals surface area contributed by atoms with Crippen LogP contribution in [0.2, 0.25) is 0 Å². The van der Waals surface area contributed by atoms with E-state index >= 15 is 0 Å². The van der Waals surface area contributed by atoms with Gasteiger partial charge in [0, 0.05) is 13.5 Å². The number of aliphatic hydroxyl groups excluding tert-OH is 2. The highest BCUT2D eigenvalue weighted by Gasteiger charge is 2.56. The maximum absolute atomic E-state index is 13.8. The van der Waals surface area contributed by atoms with E-state index in [0.717, 1.165) is 11.1 Å². The molecule has 3 N–H and O–H groups in total. The molecule has 1 aromatic rings. The Bertz CT molecular complexity index is 778. The number of alkyl halides is 3. The molecule has 0 amide bonds. The zero-order chi connectivity index (χ0) is 22.2. The third-order valence-electron chi connectivity index (χ3n) is 5.51. The average molecular weight is 432 g/mol. The SMILES string of the molecule is CNC1=N[C@@H]2[C@@H](O)[C@H](O)C([C@@H](OCc3cc(C)c(OC)c(C)c3)C(F)(F)F)O[C@@H]2C1. The van der Waals surface area contributed by atoms with Crippen molar-refractivity contribution in [2.45, 2.75) is 69.6 Å². The number of benzene rings is 1. The van der Waals surface area contributed by atoms with Gasteiger partial charge in [0.25, 0.3) is 0 Å². The second kappa shape index (κ2) is 8.70. The van der Waals surface area contributed by atoms with Crippen LogP contribution in [0.25, 0.3) is 0 Å². The number of aliphatic imine (C=N–C) groups is 1.